The fraction of sp³-hybridized carbons (Fsp3) is 1.00. The van der Waals surface area contributed by atoms with Crippen molar-refractivity contribution in [1.82, 2.24) is 5.32 Å². The fourth-order valence-electron chi connectivity index (χ4n) is 1.82. The van der Waals surface area contributed by atoms with E-state index in [9.17, 15) is 13.2 Å². The van der Waals surface area contributed by atoms with Crippen molar-refractivity contribution in [3.63, 3.8) is 0 Å². The van der Waals surface area contributed by atoms with E-state index in [1.807, 2.05) is 6.92 Å². The Kier molecular flexibility index (Phi) is 3.59. The normalized spacial score (nSPS) is 30.5. The van der Waals surface area contributed by atoms with Crippen molar-refractivity contribution in [2.24, 2.45) is 5.92 Å². The lowest BCUT2D eigenvalue weighted by Crippen LogP contribution is -2.40. The number of piperidine rings is 1. The van der Waals surface area contributed by atoms with Crippen LogP contribution in [0.1, 0.15) is 32.6 Å². The summed E-state index contributed by atoms with van der Waals surface area (Å²) < 4.78 is 35.7. The SMILES string of the molecule is CC1CCCNC1CCC(F)(F)F. The highest BCUT2D eigenvalue weighted by atomic mass is 19.4. The monoisotopic (exact) mass is 195 g/mol. The molecule has 4 heteroatoms. The second-order valence-corrected chi connectivity index (χ2v) is 3.83. The maximum atomic E-state index is 11.9. The number of rotatable bonds is 2. The molecule has 2 unspecified atom stereocenters. The van der Waals surface area contributed by atoms with Crippen LogP contribution in [0.4, 0.5) is 13.2 Å². The molecule has 0 aromatic carbocycles. The third-order valence-corrected chi connectivity index (χ3v) is 2.67. The standard InChI is InChI=1S/C9H16F3N/c1-7-3-2-6-13-8(7)4-5-9(10,11)12/h7-8,13H,2-6H2,1H3. The van der Waals surface area contributed by atoms with Crippen LogP contribution in [0.15, 0.2) is 0 Å². The first-order valence-corrected chi connectivity index (χ1v) is 4.79. The van der Waals surface area contributed by atoms with E-state index in [1.54, 1.807) is 0 Å². The average Bonchev–Trinajstić information content (AvgIpc) is 2.01. The van der Waals surface area contributed by atoms with Crippen molar-refractivity contribution in [2.45, 2.75) is 44.8 Å². The predicted molar refractivity (Wildman–Crippen MR) is 45.5 cm³/mol. The highest BCUT2D eigenvalue weighted by Gasteiger charge is 2.30. The smallest absolute Gasteiger partial charge is 0.314 e. The number of hydrogen-bond acceptors (Lipinski definition) is 1. The lowest BCUT2D eigenvalue weighted by molar-refractivity contribution is -0.137. The summed E-state index contributed by atoms with van der Waals surface area (Å²) in [5.41, 5.74) is 0. The molecule has 0 aromatic heterocycles. The van der Waals surface area contributed by atoms with Crippen molar-refractivity contribution >= 4 is 0 Å². The van der Waals surface area contributed by atoms with Gasteiger partial charge in [-0.2, -0.15) is 13.2 Å². The summed E-state index contributed by atoms with van der Waals surface area (Å²) in [7, 11) is 0. The minimum absolute atomic E-state index is 0.0652. The Morgan fingerprint density at radius 3 is 2.62 bits per heavy atom. The molecule has 1 rings (SSSR count). The molecular weight excluding hydrogens is 179 g/mol. The van der Waals surface area contributed by atoms with E-state index < -0.39 is 12.6 Å². The van der Waals surface area contributed by atoms with Crippen molar-refractivity contribution in [1.29, 1.82) is 0 Å². The zero-order chi connectivity index (χ0) is 9.90. The van der Waals surface area contributed by atoms with Crippen molar-refractivity contribution in [3.05, 3.63) is 0 Å². The number of alkyl halides is 3. The van der Waals surface area contributed by atoms with Crippen LogP contribution in [0.2, 0.25) is 0 Å². The summed E-state index contributed by atoms with van der Waals surface area (Å²) in [5, 5.41) is 3.14. The van der Waals surface area contributed by atoms with Crippen LogP contribution < -0.4 is 5.32 Å². The second-order valence-electron chi connectivity index (χ2n) is 3.83. The van der Waals surface area contributed by atoms with E-state index in [0.29, 0.717) is 5.92 Å². The average molecular weight is 195 g/mol. The molecule has 0 amide bonds. The van der Waals surface area contributed by atoms with E-state index in [-0.39, 0.29) is 12.5 Å². The molecule has 0 saturated carbocycles. The Morgan fingerprint density at radius 1 is 1.38 bits per heavy atom. The summed E-state index contributed by atoms with van der Waals surface area (Å²) in [5.74, 6) is 0.385. The molecule has 0 aliphatic carbocycles. The lowest BCUT2D eigenvalue weighted by atomic mass is 9.90. The Hall–Kier alpha value is -0.250. The summed E-state index contributed by atoms with van der Waals surface area (Å²) in [6.45, 7) is 2.89. The van der Waals surface area contributed by atoms with Gasteiger partial charge in [-0.1, -0.05) is 6.92 Å². The van der Waals surface area contributed by atoms with Gasteiger partial charge in [0.15, 0.2) is 0 Å². The largest absolute Gasteiger partial charge is 0.389 e. The molecule has 1 heterocycles. The van der Waals surface area contributed by atoms with Crippen LogP contribution in [0.25, 0.3) is 0 Å². The van der Waals surface area contributed by atoms with E-state index in [1.165, 1.54) is 0 Å². The third-order valence-electron chi connectivity index (χ3n) is 2.67. The van der Waals surface area contributed by atoms with Gasteiger partial charge in [0.05, 0.1) is 0 Å². The van der Waals surface area contributed by atoms with Gasteiger partial charge in [-0.3, -0.25) is 0 Å². The predicted octanol–water partition coefficient (Wildman–Crippen LogP) is 2.72. The molecular formula is C9H16F3N. The summed E-state index contributed by atoms with van der Waals surface area (Å²) in [6, 6.07) is 0.0652. The maximum Gasteiger partial charge on any atom is 0.389 e. The number of halogens is 3. The van der Waals surface area contributed by atoms with E-state index in [0.717, 1.165) is 19.4 Å². The van der Waals surface area contributed by atoms with Gasteiger partial charge in [-0.25, -0.2) is 0 Å². The molecule has 2 atom stereocenters. The minimum atomic E-state index is -4.00. The van der Waals surface area contributed by atoms with Crippen LogP contribution in [0.5, 0.6) is 0 Å². The second kappa shape index (κ2) is 4.31. The van der Waals surface area contributed by atoms with Gasteiger partial charge in [0.1, 0.15) is 0 Å². The minimum Gasteiger partial charge on any atom is -0.314 e. The molecule has 1 aliphatic rings. The molecule has 0 spiro atoms. The Morgan fingerprint density at radius 2 is 2.08 bits per heavy atom. The molecule has 0 radical (unpaired) electrons. The molecule has 13 heavy (non-hydrogen) atoms. The molecule has 78 valence electrons. The topological polar surface area (TPSA) is 12.0 Å². The van der Waals surface area contributed by atoms with Crippen LogP contribution in [-0.2, 0) is 0 Å². The fourth-order valence-corrected chi connectivity index (χ4v) is 1.82. The quantitative estimate of drug-likeness (QED) is 0.714. The highest BCUT2D eigenvalue weighted by molar-refractivity contribution is 4.78. The van der Waals surface area contributed by atoms with Crippen molar-refractivity contribution < 1.29 is 13.2 Å². The van der Waals surface area contributed by atoms with Crippen LogP contribution in [-0.4, -0.2) is 18.8 Å². The van der Waals surface area contributed by atoms with E-state index in [2.05, 4.69) is 5.32 Å². The summed E-state index contributed by atoms with van der Waals surface area (Å²) in [6.07, 6.45) is -2.29. The first-order valence-electron chi connectivity index (χ1n) is 4.79. The van der Waals surface area contributed by atoms with Gasteiger partial charge in [-0.05, 0) is 31.7 Å². The molecule has 1 N–H and O–H groups in total. The van der Waals surface area contributed by atoms with Crippen molar-refractivity contribution in [2.75, 3.05) is 6.54 Å². The molecule has 0 aromatic rings. The van der Waals surface area contributed by atoms with Crippen molar-refractivity contribution in [3.8, 4) is 0 Å². The van der Waals surface area contributed by atoms with Gasteiger partial charge >= 0.3 is 6.18 Å². The van der Waals surface area contributed by atoms with Gasteiger partial charge in [-0.15, -0.1) is 0 Å². The van der Waals surface area contributed by atoms with Gasteiger partial charge in [0.25, 0.3) is 0 Å². The lowest BCUT2D eigenvalue weighted by Gasteiger charge is -2.30. The molecule has 0 bridgehead atoms. The molecule has 1 saturated heterocycles. The van der Waals surface area contributed by atoms with Crippen LogP contribution in [0.3, 0.4) is 0 Å². The van der Waals surface area contributed by atoms with E-state index >= 15 is 0 Å². The Bertz CT molecular complexity index is 155. The Labute approximate surface area is 76.7 Å². The van der Waals surface area contributed by atoms with E-state index in [4.69, 9.17) is 0 Å². The zero-order valence-corrected chi connectivity index (χ0v) is 7.82. The molecule has 1 aliphatic heterocycles. The summed E-state index contributed by atoms with van der Waals surface area (Å²) in [4.78, 5) is 0. The number of hydrogen-bond donors (Lipinski definition) is 1. The summed E-state index contributed by atoms with van der Waals surface area (Å²) >= 11 is 0. The van der Waals surface area contributed by atoms with Gasteiger partial charge < -0.3 is 5.32 Å². The first-order chi connectivity index (χ1) is 5.99. The molecule has 1 nitrogen and oxygen atoms in total. The third kappa shape index (κ3) is 3.98. The van der Waals surface area contributed by atoms with Crippen LogP contribution in [0, 0.1) is 5.92 Å². The van der Waals surface area contributed by atoms with Crippen LogP contribution >= 0.6 is 0 Å². The van der Waals surface area contributed by atoms with Gasteiger partial charge in [0.2, 0.25) is 0 Å². The Balaban J connectivity index is 2.27. The highest BCUT2D eigenvalue weighted by Crippen LogP contribution is 2.26. The maximum absolute atomic E-state index is 11.9. The molecule has 1 fully saturated rings. The zero-order valence-electron chi connectivity index (χ0n) is 7.82. The van der Waals surface area contributed by atoms with Gasteiger partial charge in [0, 0.05) is 12.5 Å². The number of nitrogens with one attached hydrogen (secondary N) is 1. The first kappa shape index (κ1) is 10.8.